The van der Waals surface area contributed by atoms with Gasteiger partial charge in [0.2, 0.25) is 0 Å². The van der Waals surface area contributed by atoms with Gasteiger partial charge in [-0.3, -0.25) is 0 Å². The second-order valence-electron chi connectivity index (χ2n) is 4.11. The van der Waals surface area contributed by atoms with Crippen LogP contribution >= 0.6 is 11.3 Å². The van der Waals surface area contributed by atoms with Crippen LogP contribution in [-0.4, -0.2) is 6.54 Å². The van der Waals surface area contributed by atoms with E-state index in [1.807, 2.05) is 23.8 Å². The Balaban J connectivity index is 2.21. The van der Waals surface area contributed by atoms with E-state index in [0.29, 0.717) is 12.0 Å². The molecule has 0 amide bonds. The first-order chi connectivity index (χ1) is 8.70. The SMILES string of the molecule is CCNC(Cc1cc(F)ccc1F)c1ccsc1. The number of nitrogens with one attached hydrogen (secondary N) is 1. The Morgan fingerprint density at radius 2 is 2.11 bits per heavy atom. The quantitative estimate of drug-likeness (QED) is 0.865. The minimum Gasteiger partial charge on any atom is -0.310 e. The van der Waals surface area contributed by atoms with Gasteiger partial charge in [0.15, 0.2) is 0 Å². The predicted molar refractivity (Wildman–Crippen MR) is 70.8 cm³/mol. The molecule has 0 aliphatic carbocycles. The van der Waals surface area contributed by atoms with Crippen LogP contribution in [0.3, 0.4) is 0 Å². The molecule has 2 rings (SSSR count). The minimum absolute atomic E-state index is 0.0255. The van der Waals surface area contributed by atoms with Crippen molar-refractivity contribution in [2.24, 2.45) is 0 Å². The van der Waals surface area contributed by atoms with Crippen molar-refractivity contribution in [3.8, 4) is 0 Å². The molecule has 1 N–H and O–H groups in total. The summed E-state index contributed by atoms with van der Waals surface area (Å²) >= 11 is 1.60. The van der Waals surface area contributed by atoms with Crippen molar-refractivity contribution < 1.29 is 8.78 Å². The first kappa shape index (κ1) is 13.2. The highest BCUT2D eigenvalue weighted by molar-refractivity contribution is 7.07. The molecule has 1 aromatic carbocycles. The molecule has 1 heterocycles. The molecule has 0 radical (unpaired) electrons. The average molecular weight is 267 g/mol. The molecule has 1 atom stereocenters. The third-order valence-corrected chi connectivity index (χ3v) is 3.53. The molecule has 2 aromatic rings. The molecule has 0 spiro atoms. The van der Waals surface area contributed by atoms with Crippen LogP contribution in [0, 0.1) is 11.6 Å². The topological polar surface area (TPSA) is 12.0 Å². The largest absolute Gasteiger partial charge is 0.310 e. The van der Waals surface area contributed by atoms with Crippen molar-refractivity contribution in [3.63, 3.8) is 0 Å². The Morgan fingerprint density at radius 3 is 2.78 bits per heavy atom. The molecule has 0 fully saturated rings. The van der Waals surface area contributed by atoms with Crippen LogP contribution in [0.15, 0.2) is 35.0 Å². The van der Waals surface area contributed by atoms with Crippen molar-refractivity contribution in [2.45, 2.75) is 19.4 Å². The fraction of sp³-hybridized carbons (Fsp3) is 0.286. The lowest BCUT2D eigenvalue weighted by Gasteiger charge is -2.17. The minimum atomic E-state index is -0.396. The predicted octanol–water partition coefficient (Wildman–Crippen LogP) is 3.92. The van der Waals surface area contributed by atoms with E-state index in [9.17, 15) is 8.78 Å². The summed E-state index contributed by atoms with van der Waals surface area (Å²) in [6, 6.07) is 5.63. The van der Waals surface area contributed by atoms with Crippen LogP contribution in [-0.2, 0) is 6.42 Å². The highest BCUT2D eigenvalue weighted by atomic mass is 32.1. The van der Waals surface area contributed by atoms with Crippen LogP contribution in [0.1, 0.15) is 24.1 Å². The van der Waals surface area contributed by atoms with Crippen molar-refractivity contribution in [1.82, 2.24) is 5.32 Å². The summed E-state index contributed by atoms with van der Waals surface area (Å²) in [5.74, 6) is -0.749. The van der Waals surface area contributed by atoms with Gasteiger partial charge in [-0.1, -0.05) is 6.92 Å². The summed E-state index contributed by atoms with van der Waals surface area (Å²) in [7, 11) is 0. The number of benzene rings is 1. The number of likely N-dealkylation sites (N-methyl/N-ethyl adjacent to an activating group) is 1. The maximum Gasteiger partial charge on any atom is 0.126 e. The van der Waals surface area contributed by atoms with E-state index in [0.717, 1.165) is 18.2 Å². The van der Waals surface area contributed by atoms with Gasteiger partial charge in [0.05, 0.1) is 0 Å². The molecule has 0 saturated carbocycles. The van der Waals surface area contributed by atoms with Crippen LogP contribution in [0.25, 0.3) is 0 Å². The lowest BCUT2D eigenvalue weighted by Crippen LogP contribution is -2.22. The lowest BCUT2D eigenvalue weighted by atomic mass is 10.0. The van der Waals surface area contributed by atoms with E-state index in [4.69, 9.17) is 0 Å². The second-order valence-corrected chi connectivity index (χ2v) is 4.89. The monoisotopic (exact) mass is 267 g/mol. The molecule has 18 heavy (non-hydrogen) atoms. The van der Waals surface area contributed by atoms with E-state index >= 15 is 0 Å². The summed E-state index contributed by atoms with van der Waals surface area (Å²) in [6.45, 7) is 2.79. The van der Waals surface area contributed by atoms with E-state index in [2.05, 4.69) is 5.32 Å². The summed E-state index contributed by atoms with van der Waals surface area (Å²) in [6.07, 6.45) is 0.453. The Labute approximate surface area is 109 Å². The molecule has 0 saturated heterocycles. The van der Waals surface area contributed by atoms with Crippen LogP contribution < -0.4 is 5.32 Å². The maximum absolute atomic E-state index is 13.6. The van der Waals surface area contributed by atoms with Gasteiger partial charge >= 0.3 is 0 Å². The molecule has 1 nitrogen and oxygen atoms in total. The van der Waals surface area contributed by atoms with Crippen molar-refractivity contribution in [2.75, 3.05) is 6.54 Å². The molecule has 1 unspecified atom stereocenters. The van der Waals surface area contributed by atoms with Gasteiger partial charge in [-0.15, -0.1) is 0 Å². The fourth-order valence-corrected chi connectivity index (χ4v) is 2.66. The van der Waals surface area contributed by atoms with Crippen LogP contribution in [0.5, 0.6) is 0 Å². The first-order valence-corrected chi connectivity index (χ1v) is 6.84. The van der Waals surface area contributed by atoms with E-state index in [1.165, 1.54) is 12.1 Å². The lowest BCUT2D eigenvalue weighted by molar-refractivity contribution is 0.523. The zero-order valence-electron chi connectivity index (χ0n) is 10.1. The molecule has 0 aliphatic rings. The Kier molecular flexibility index (Phi) is 4.44. The standard InChI is InChI=1S/C14H15F2NS/c1-2-17-14(10-5-6-18-9-10)8-11-7-12(15)3-4-13(11)16/h3-7,9,14,17H,2,8H2,1H3. The van der Waals surface area contributed by atoms with Gasteiger partial charge in [-0.05, 0) is 59.1 Å². The summed E-state index contributed by atoms with van der Waals surface area (Å²) in [5, 5.41) is 7.32. The summed E-state index contributed by atoms with van der Waals surface area (Å²) in [5.41, 5.74) is 1.53. The van der Waals surface area contributed by atoms with Crippen molar-refractivity contribution in [1.29, 1.82) is 0 Å². The van der Waals surface area contributed by atoms with Gasteiger partial charge in [0, 0.05) is 6.04 Å². The number of thiophene rings is 1. The number of hydrogen-bond acceptors (Lipinski definition) is 2. The smallest absolute Gasteiger partial charge is 0.126 e. The molecule has 0 aliphatic heterocycles. The molecular formula is C14H15F2NS. The maximum atomic E-state index is 13.6. The van der Waals surface area contributed by atoms with E-state index in [-0.39, 0.29) is 11.9 Å². The van der Waals surface area contributed by atoms with E-state index < -0.39 is 5.82 Å². The normalized spacial score (nSPS) is 12.6. The Bertz CT molecular complexity index is 497. The third kappa shape index (κ3) is 3.15. The number of rotatable bonds is 5. The summed E-state index contributed by atoms with van der Waals surface area (Å²) < 4.78 is 26.8. The fourth-order valence-electron chi connectivity index (χ4n) is 1.95. The first-order valence-electron chi connectivity index (χ1n) is 5.90. The van der Waals surface area contributed by atoms with Gasteiger partial charge < -0.3 is 5.32 Å². The third-order valence-electron chi connectivity index (χ3n) is 2.83. The van der Waals surface area contributed by atoms with Gasteiger partial charge in [-0.25, -0.2) is 8.78 Å². The molecule has 1 aromatic heterocycles. The summed E-state index contributed by atoms with van der Waals surface area (Å²) in [4.78, 5) is 0. The van der Waals surface area contributed by atoms with Crippen molar-refractivity contribution >= 4 is 11.3 Å². The van der Waals surface area contributed by atoms with Crippen molar-refractivity contribution in [3.05, 3.63) is 57.8 Å². The van der Waals surface area contributed by atoms with Gasteiger partial charge in [-0.2, -0.15) is 11.3 Å². The Morgan fingerprint density at radius 1 is 1.28 bits per heavy atom. The molecule has 96 valence electrons. The molecule has 4 heteroatoms. The molecule has 0 bridgehead atoms. The Hall–Kier alpha value is -1.26. The van der Waals surface area contributed by atoms with Gasteiger partial charge in [0.25, 0.3) is 0 Å². The highest BCUT2D eigenvalue weighted by Crippen LogP contribution is 2.22. The van der Waals surface area contributed by atoms with Crippen LogP contribution in [0.2, 0.25) is 0 Å². The second kappa shape index (κ2) is 6.07. The number of halogens is 2. The highest BCUT2D eigenvalue weighted by Gasteiger charge is 2.14. The average Bonchev–Trinajstić information content (AvgIpc) is 2.87. The van der Waals surface area contributed by atoms with Crippen LogP contribution in [0.4, 0.5) is 8.78 Å². The zero-order valence-corrected chi connectivity index (χ0v) is 10.9. The van der Waals surface area contributed by atoms with E-state index in [1.54, 1.807) is 11.3 Å². The number of hydrogen-bond donors (Lipinski definition) is 1. The molecular weight excluding hydrogens is 252 g/mol. The van der Waals surface area contributed by atoms with Gasteiger partial charge in [0.1, 0.15) is 11.6 Å². The zero-order chi connectivity index (χ0) is 13.0.